The average molecular weight is 279 g/mol. The summed E-state index contributed by atoms with van der Waals surface area (Å²) in [5.41, 5.74) is 0.316. The lowest BCUT2D eigenvalue weighted by Gasteiger charge is -2.24. The van der Waals surface area contributed by atoms with E-state index in [4.69, 9.17) is 9.15 Å². The van der Waals surface area contributed by atoms with Gasteiger partial charge in [-0.1, -0.05) is 32.4 Å². The Kier molecular flexibility index (Phi) is 5.15. The lowest BCUT2D eigenvalue weighted by atomic mass is 10.0. The third-order valence-electron chi connectivity index (χ3n) is 3.49. The summed E-state index contributed by atoms with van der Waals surface area (Å²) in [4.78, 5) is 0. The summed E-state index contributed by atoms with van der Waals surface area (Å²) in [5, 5.41) is 4.16. The fourth-order valence-corrected chi connectivity index (χ4v) is 2.54. The molecule has 0 bridgehead atoms. The van der Waals surface area contributed by atoms with E-state index in [0.717, 1.165) is 30.5 Å². The Hall–Kier alpha value is -1.39. The van der Waals surface area contributed by atoms with Crippen molar-refractivity contribution in [2.45, 2.75) is 38.8 Å². The standard InChI is InChI=1S/C16H22FNO2/c1-4-7-13(19-3)15(18-5-2)14-10-11-8-6-9-12(17)16(11)20-14/h6,8-10,13,15,18H,4-5,7H2,1-3H3. The fraction of sp³-hybridized carbons (Fsp3) is 0.500. The monoisotopic (exact) mass is 279 g/mol. The van der Waals surface area contributed by atoms with Crippen molar-refractivity contribution in [3.05, 3.63) is 35.8 Å². The molecule has 4 heteroatoms. The minimum atomic E-state index is -0.326. The first-order chi connectivity index (χ1) is 9.71. The Bertz CT molecular complexity index is 552. The lowest BCUT2D eigenvalue weighted by molar-refractivity contribution is 0.0547. The highest BCUT2D eigenvalue weighted by Gasteiger charge is 2.25. The SMILES string of the molecule is CCCC(OC)C(NCC)c1cc2cccc(F)c2o1. The quantitative estimate of drug-likeness (QED) is 0.830. The van der Waals surface area contributed by atoms with Crippen molar-refractivity contribution in [2.24, 2.45) is 0 Å². The molecule has 0 spiro atoms. The molecule has 3 nitrogen and oxygen atoms in total. The van der Waals surface area contributed by atoms with Crippen molar-refractivity contribution in [1.82, 2.24) is 5.32 Å². The van der Waals surface area contributed by atoms with Gasteiger partial charge in [-0.05, 0) is 25.1 Å². The molecular weight excluding hydrogens is 257 g/mol. The number of halogens is 1. The molecular formula is C16H22FNO2. The van der Waals surface area contributed by atoms with Gasteiger partial charge in [0.25, 0.3) is 0 Å². The molecule has 2 atom stereocenters. The molecule has 0 saturated heterocycles. The molecule has 0 amide bonds. The zero-order chi connectivity index (χ0) is 14.5. The van der Waals surface area contributed by atoms with Gasteiger partial charge in [0.15, 0.2) is 11.4 Å². The summed E-state index contributed by atoms with van der Waals surface area (Å²) < 4.78 is 25.0. The van der Waals surface area contributed by atoms with Crippen LogP contribution in [0.5, 0.6) is 0 Å². The normalized spacial score (nSPS) is 14.6. The first-order valence-electron chi connectivity index (χ1n) is 7.15. The van der Waals surface area contributed by atoms with Crippen molar-refractivity contribution >= 4 is 11.0 Å². The number of fused-ring (bicyclic) bond motifs is 1. The molecule has 0 aliphatic rings. The number of para-hydroxylation sites is 1. The number of hydrogen-bond donors (Lipinski definition) is 1. The van der Waals surface area contributed by atoms with Crippen LogP contribution in [0.1, 0.15) is 38.5 Å². The first-order valence-corrected chi connectivity index (χ1v) is 7.15. The van der Waals surface area contributed by atoms with Gasteiger partial charge < -0.3 is 14.5 Å². The van der Waals surface area contributed by atoms with E-state index in [1.54, 1.807) is 13.2 Å². The van der Waals surface area contributed by atoms with Gasteiger partial charge in [-0.25, -0.2) is 4.39 Å². The van der Waals surface area contributed by atoms with E-state index in [9.17, 15) is 4.39 Å². The number of nitrogens with one attached hydrogen (secondary N) is 1. The highest BCUT2D eigenvalue weighted by Crippen LogP contribution is 2.29. The van der Waals surface area contributed by atoms with Crippen LogP contribution < -0.4 is 5.32 Å². The van der Waals surface area contributed by atoms with Crippen LogP contribution in [-0.4, -0.2) is 19.8 Å². The number of likely N-dealkylation sites (N-methyl/N-ethyl adjacent to an activating group) is 1. The van der Waals surface area contributed by atoms with E-state index in [-0.39, 0.29) is 18.0 Å². The summed E-state index contributed by atoms with van der Waals surface area (Å²) in [6.07, 6.45) is 1.96. The molecule has 0 radical (unpaired) electrons. The Morgan fingerprint density at radius 2 is 2.15 bits per heavy atom. The maximum Gasteiger partial charge on any atom is 0.169 e. The van der Waals surface area contributed by atoms with E-state index in [0.29, 0.717) is 5.58 Å². The number of ether oxygens (including phenoxy) is 1. The molecule has 2 rings (SSSR count). The van der Waals surface area contributed by atoms with Crippen LogP contribution in [0, 0.1) is 5.82 Å². The van der Waals surface area contributed by atoms with Gasteiger partial charge in [-0.2, -0.15) is 0 Å². The van der Waals surface area contributed by atoms with Crippen molar-refractivity contribution in [3.8, 4) is 0 Å². The minimum absolute atomic E-state index is 0.0172. The third kappa shape index (κ3) is 3.02. The van der Waals surface area contributed by atoms with Crippen LogP contribution in [0.4, 0.5) is 4.39 Å². The maximum absolute atomic E-state index is 13.7. The van der Waals surface area contributed by atoms with E-state index in [2.05, 4.69) is 12.2 Å². The first kappa shape index (κ1) is 15.0. The summed E-state index contributed by atoms with van der Waals surface area (Å²) in [6.45, 7) is 4.95. The number of rotatable bonds is 7. The second-order valence-electron chi connectivity index (χ2n) is 4.91. The number of benzene rings is 1. The number of methoxy groups -OCH3 is 1. The highest BCUT2D eigenvalue weighted by molar-refractivity contribution is 5.78. The van der Waals surface area contributed by atoms with Crippen LogP contribution in [0.15, 0.2) is 28.7 Å². The molecule has 1 N–H and O–H groups in total. The minimum Gasteiger partial charge on any atom is -0.456 e. The lowest BCUT2D eigenvalue weighted by Crippen LogP contribution is -2.33. The zero-order valence-corrected chi connectivity index (χ0v) is 12.3. The van der Waals surface area contributed by atoms with Crippen molar-refractivity contribution in [3.63, 3.8) is 0 Å². The molecule has 2 unspecified atom stereocenters. The Balaban J connectivity index is 2.37. The van der Waals surface area contributed by atoms with Gasteiger partial charge in [-0.15, -0.1) is 0 Å². The number of furan rings is 1. The molecule has 1 aromatic carbocycles. The summed E-state index contributed by atoms with van der Waals surface area (Å²) in [6, 6.07) is 6.80. The summed E-state index contributed by atoms with van der Waals surface area (Å²) >= 11 is 0. The molecule has 20 heavy (non-hydrogen) atoms. The van der Waals surface area contributed by atoms with Crippen molar-refractivity contribution in [2.75, 3.05) is 13.7 Å². The predicted molar refractivity (Wildman–Crippen MR) is 78.3 cm³/mol. The van der Waals surface area contributed by atoms with Crippen molar-refractivity contribution in [1.29, 1.82) is 0 Å². The topological polar surface area (TPSA) is 34.4 Å². The maximum atomic E-state index is 13.7. The van der Waals surface area contributed by atoms with Crippen LogP contribution in [0.25, 0.3) is 11.0 Å². The Labute approximate surface area is 119 Å². The molecule has 0 saturated carbocycles. The molecule has 0 fully saturated rings. The van der Waals surface area contributed by atoms with E-state index in [1.807, 2.05) is 19.1 Å². The second kappa shape index (κ2) is 6.86. The van der Waals surface area contributed by atoms with Gasteiger partial charge >= 0.3 is 0 Å². The summed E-state index contributed by atoms with van der Waals surface area (Å²) in [7, 11) is 1.70. The largest absolute Gasteiger partial charge is 0.456 e. The van der Waals surface area contributed by atoms with E-state index >= 15 is 0 Å². The van der Waals surface area contributed by atoms with E-state index < -0.39 is 0 Å². The van der Waals surface area contributed by atoms with Gasteiger partial charge in [0.05, 0.1) is 12.1 Å². The molecule has 0 aliphatic heterocycles. The van der Waals surface area contributed by atoms with Gasteiger partial charge in [0, 0.05) is 12.5 Å². The Morgan fingerprint density at radius 1 is 1.35 bits per heavy atom. The second-order valence-corrected chi connectivity index (χ2v) is 4.91. The van der Waals surface area contributed by atoms with Gasteiger partial charge in [-0.3, -0.25) is 0 Å². The Morgan fingerprint density at radius 3 is 2.75 bits per heavy atom. The zero-order valence-electron chi connectivity index (χ0n) is 12.3. The molecule has 110 valence electrons. The van der Waals surface area contributed by atoms with E-state index in [1.165, 1.54) is 6.07 Å². The highest BCUT2D eigenvalue weighted by atomic mass is 19.1. The van der Waals surface area contributed by atoms with Gasteiger partial charge in [0.2, 0.25) is 0 Å². The van der Waals surface area contributed by atoms with Crippen LogP contribution in [0.2, 0.25) is 0 Å². The molecule has 2 aromatic rings. The fourth-order valence-electron chi connectivity index (χ4n) is 2.54. The molecule has 0 aliphatic carbocycles. The predicted octanol–water partition coefficient (Wildman–Crippen LogP) is 4.04. The van der Waals surface area contributed by atoms with Crippen LogP contribution in [-0.2, 0) is 4.74 Å². The molecule has 1 heterocycles. The molecule has 1 aromatic heterocycles. The third-order valence-corrected chi connectivity index (χ3v) is 3.49. The summed E-state index contributed by atoms with van der Waals surface area (Å²) in [5.74, 6) is 0.403. The van der Waals surface area contributed by atoms with Gasteiger partial charge in [0.1, 0.15) is 5.76 Å². The average Bonchev–Trinajstić information content (AvgIpc) is 2.88. The smallest absolute Gasteiger partial charge is 0.169 e. The van der Waals surface area contributed by atoms with Crippen LogP contribution >= 0.6 is 0 Å². The number of hydrogen-bond acceptors (Lipinski definition) is 3. The van der Waals surface area contributed by atoms with Crippen LogP contribution in [0.3, 0.4) is 0 Å². The van der Waals surface area contributed by atoms with Crippen molar-refractivity contribution < 1.29 is 13.5 Å².